The molecule has 3 N–H and O–H groups in total. The van der Waals surface area contributed by atoms with E-state index in [0.717, 1.165) is 39.9 Å². The van der Waals surface area contributed by atoms with Crippen molar-refractivity contribution >= 4 is 23.1 Å². The molecular weight excluding hydrogens is 324 g/mol. The van der Waals surface area contributed by atoms with Gasteiger partial charge in [-0.3, -0.25) is 9.59 Å². The summed E-state index contributed by atoms with van der Waals surface area (Å²) in [5.74, 6) is -0.401. The van der Waals surface area contributed by atoms with Gasteiger partial charge in [0.15, 0.2) is 0 Å². The number of allylic oxidation sites excluding steroid dienone is 2. The van der Waals surface area contributed by atoms with E-state index in [1.54, 1.807) is 0 Å². The van der Waals surface area contributed by atoms with Crippen molar-refractivity contribution in [2.45, 2.75) is 40.5 Å². The van der Waals surface area contributed by atoms with Crippen LogP contribution in [-0.4, -0.2) is 11.8 Å². The molecule has 0 unspecified atom stereocenters. The van der Waals surface area contributed by atoms with E-state index < -0.39 is 5.91 Å². The lowest BCUT2D eigenvalue weighted by atomic mass is 9.89. The fourth-order valence-electron chi connectivity index (χ4n) is 3.63. The lowest BCUT2D eigenvalue weighted by molar-refractivity contribution is -0.115. The minimum absolute atomic E-state index is 0.00789. The molecule has 0 aliphatic heterocycles. The van der Waals surface area contributed by atoms with Gasteiger partial charge in [0.05, 0.1) is 0 Å². The van der Waals surface area contributed by atoms with Crippen LogP contribution in [0.3, 0.4) is 0 Å². The highest BCUT2D eigenvalue weighted by Crippen LogP contribution is 2.42. The number of benzene rings is 2. The maximum absolute atomic E-state index is 11.9. The number of anilines is 1. The molecule has 26 heavy (non-hydrogen) atoms. The molecule has 4 nitrogen and oxygen atoms in total. The summed E-state index contributed by atoms with van der Waals surface area (Å²) in [4.78, 5) is 23.7. The predicted molar refractivity (Wildman–Crippen MR) is 106 cm³/mol. The molecule has 1 aliphatic carbocycles. The number of fused-ring (bicyclic) bond motifs is 1. The Kier molecular flexibility index (Phi) is 4.68. The maximum Gasteiger partial charge on any atom is 0.249 e. The average molecular weight is 348 g/mol. The van der Waals surface area contributed by atoms with Gasteiger partial charge in [-0.1, -0.05) is 30.7 Å². The Bertz CT molecular complexity index is 955. The van der Waals surface area contributed by atoms with Crippen molar-refractivity contribution in [2.24, 2.45) is 5.73 Å². The molecule has 4 heteroatoms. The number of amides is 2. The number of carbonyl (C=O) groups excluding carboxylic acids is 2. The summed E-state index contributed by atoms with van der Waals surface area (Å²) in [5, 5.41) is 2.96. The minimum Gasteiger partial charge on any atom is -0.366 e. The number of hydrogen-bond donors (Lipinski definition) is 2. The number of carbonyl (C=O) groups is 2. The lowest BCUT2D eigenvalue weighted by Gasteiger charge is -2.17. The molecule has 2 aromatic carbocycles. The summed E-state index contributed by atoms with van der Waals surface area (Å²) in [6.07, 6.45) is 1.19. The van der Waals surface area contributed by atoms with Gasteiger partial charge in [0.25, 0.3) is 0 Å². The predicted octanol–water partition coefficient (Wildman–Crippen LogP) is 4.46. The molecule has 1 aliphatic rings. The first-order chi connectivity index (χ1) is 12.3. The van der Waals surface area contributed by atoms with E-state index in [9.17, 15) is 9.59 Å². The van der Waals surface area contributed by atoms with E-state index in [1.165, 1.54) is 11.1 Å². The summed E-state index contributed by atoms with van der Waals surface area (Å²) in [7, 11) is 0. The zero-order valence-corrected chi connectivity index (χ0v) is 15.7. The highest BCUT2D eigenvalue weighted by Gasteiger charge is 2.25. The van der Waals surface area contributed by atoms with Crippen LogP contribution < -0.4 is 11.1 Å². The number of nitrogens with two attached hydrogens (primary N) is 1. The van der Waals surface area contributed by atoms with E-state index in [1.807, 2.05) is 38.1 Å². The topological polar surface area (TPSA) is 72.2 Å². The molecule has 0 saturated heterocycles. The van der Waals surface area contributed by atoms with Gasteiger partial charge >= 0.3 is 0 Å². The zero-order chi connectivity index (χ0) is 19.0. The summed E-state index contributed by atoms with van der Waals surface area (Å²) in [6, 6.07) is 9.70. The van der Waals surface area contributed by atoms with Gasteiger partial charge in [0, 0.05) is 17.7 Å². The van der Waals surface area contributed by atoms with Crippen LogP contribution in [0.25, 0.3) is 16.7 Å². The first-order valence-electron chi connectivity index (χ1n) is 8.87. The van der Waals surface area contributed by atoms with E-state index in [4.69, 9.17) is 5.73 Å². The quantitative estimate of drug-likeness (QED) is 0.856. The van der Waals surface area contributed by atoms with Gasteiger partial charge in [-0.2, -0.15) is 0 Å². The minimum atomic E-state index is -0.393. The van der Waals surface area contributed by atoms with E-state index >= 15 is 0 Å². The first-order valence-corrected chi connectivity index (χ1v) is 8.87. The molecule has 2 amide bonds. The summed E-state index contributed by atoms with van der Waals surface area (Å²) >= 11 is 0. The van der Waals surface area contributed by atoms with Crippen molar-refractivity contribution in [3.8, 4) is 11.1 Å². The Hall–Kier alpha value is -2.88. The third-order valence-electron chi connectivity index (χ3n) is 5.25. The zero-order valence-electron chi connectivity index (χ0n) is 15.7. The molecule has 0 spiro atoms. The van der Waals surface area contributed by atoms with Crippen molar-refractivity contribution in [1.29, 1.82) is 0 Å². The molecule has 0 bridgehead atoms. The average Bonchev–Trinajstić information content (AvgIpc) is 2.91. The van der Waals surface area contributed by atoms with Crippen LogP contribution >= 0.6 is 0 Å². The number of hydrogen-bond acceptors (Lipinski definition) is 2. The van der Waals surface area contributed by atoms with Crippen LogP contribution in [0.2, 0.25) is 0 Å². The van der Waals surface area contributed by atoms with Gasteiger partial charge in [-0.05, 0) is 72.7 Å². The fraction of sp³-hybridized carbons (Fsp3) is 0.273. The largest absolute Gasteiger partial charge is 0.366 e. The SMILES string of the molecule is CCC(=O)Nc1cccc(-c2ccc(C(N)=O)c3c2C(C)=C(C)C3)c1C. The molecule has 0 fully saturated rings. The Morgan fingerprint density at radius 3 is 2.46 bits per heavy atom. The van der Waals surface area contributed by atoms with Crippen molar-refractivity contribution < 1.29 is 9.59 Å². The molecule has 3 rings (SSSR count). The number of primary amides is 1. The second kappa shape index (κ2) is 6.79. The molecule has 0 atom stereocenters. The van der Waals surface area contributed by atoms with Crippen LogP contribution in [0.5, 0.6) is 0 Å². The van der Waals surface area contributed by atoms with Crippen LogP contribution in [0, 0.1) is 6.92 Å². The van der Waals surface area contributed by atoms with Crippen LogP contribution in [0.15, 0.2) is 35.9 Å². The van der Waals surface area contributed by atoms with Crippen molar-refractivity contribution in [2.75, 3.05) is 5.32 Å². The molecule has 0 radical (unpaired) electrons. The normalized spacial score (nSPS) is 12.9. The maximum atomic E-state index is 11.9. The standard InChI is InChI=1S/C22H24N2O2/c1-5-20(25)24-19-8-6-7-15(14(19)4)16-9-10-17(22(23)26)18-11-12(2)13(3)21(16)18/h6-10H,5,11H2,1-4H3,(H2,23,26)(H,24,25). The molecule has 0 saturated carbocycles. The second-order valence-electron chi connectivity index (χ2n) is 6.84. The molecule has 2 aromatic rings. The van der Waals surface area contributed by atoms with Crippen molar-refractivity contribution in [3.63, 3.8) is 0 Å². The molecular formula is C22H24N2O2. The highest BCUT2D eigenvalue weighted by atomic mass is 16.1. The van der Waals surface area contributed by atoms with Gasteiger partial charge in [-0.15, -0.1) is 0 Å². The van der Waals surface area contributed by atoms with Gasteiger partial charge in [0.1, 0.15) is 0 Å². The summed E-state index contributed by atoms with van der Waals surface area (Å²) < 4.78 is 0. The summed E-state index contributed by atoms with van der Waals surface area (Å²) in [5.41, 5.74) is 14.7. The molecule has 0 aromatic heterocycles. The number of rotatable bonds is 4. The monoisotopic (exact) mass is 348 g/mol. The fourth-order valence-corrected chi connectivity index (χ4v) is 3.63. The van der Waals surface area contributed by atoms with Crippen LogP contribution in [0.4, 0.5) is 5.69 Å². The second-order valence-corrected chi connectivity index (χ2v) is 6.84. The Labute approximate surface area is 154 Å². The highest BCUT2D eigenvalue weighted by molar-refractivity contribution is 6.00. The van der Waals surface area contributed by atoms with Gasteiger partial charge in [-0.25, -0.2) is 0 Å². The van der Waals surface area contributed by atoms with Crippen LogP contribution in [0.1, 0.15) is 54.2 Å². The van der Waals surface area contributed by atoms with Gasteiger partial charge < -0.3 is 11.1 Å². The van der Waals surface area contributed by atoms with E-state index in [-0.39, 0.29) is 5.91 Å². The Morgan fingerprint density at radius 2 is 1.81 bits per heavy atom. The Balaban J connectivity index is 2.21. The molecule has 134 valence electrons. The van der Waals surface area contributed by atoms with Crippen molar-refractivity contribution in [1.82, 2.24) is 0 Å². The van der Waals surface area contributed by atoms with Crippen LogP contribution in [-0.2, 0) is 11.2 Å². The summed E-state index contributed by atoms with van der Waals surface area (Å²) in [6.45, 7) is 8.03. The number of nitrogens with one attached hydrogen (secondary N) is 1. The molecule has 0 heterocycles. The van der Waals surface area contributed by atoms with Crippen molar-refractivity contribution in [3.05, 3.63) is 58.2 Å². The third kappa shape index (κ3) is 2.92. The van der Waals surface area contributed by atoms with Gasteiger partial charge in [0.2, 0.25) is 11.8 Å². The van der Waals surface area contributed by atoms with E-state index in [2.05, 4.69) is 25.2 Å². The first kappa shape index (κ1) is 17.9. The van der Waals surface area contributed by atoms with E-state index in [0.29, 0.717) is 12.0 Å². The Morgan fingerprint density at radius 1 is 1.08 bits per heavy atom. The lowest BCUT2D eigenvalue weighted by Crippen LogP contribution is -2.14. The third-order valence-corrected chi connectivity index (χ3v) is 5.25. The smallest absolute Gasteiger partial charge is 0.249 e.